The Kier molecular flexibility index (Phi) is 3.26. The first-order chi connectivity index (χ1) is 7.45. The zero-order valence-corrected chi connectivity index (χ0v) is 8.87. The summed E-state index contributed by atoms with van der Waals surface area (Å²) in [6, 6.07) is 2.78. The van der Waals surface area contributed by atoms with E-state index in [1.165, 1.54) is 19.1 Å². The highest BCUT2D eigenvalue weighted by Gasteiger charge is 2.14. The lowest BCUT2D eigenvalue weighted by molar-refractivity contribution is -0.114. The summed E-state index contributed by atoms with van der Waals surface area (Å²) in [5.74, 6) is -1.52. The fourth-order valence-electron chi connectivity index (χ4n) is 1.34. The maximum absolute atomic E-state index is 11.0. The van der Waals surface area contributed by atoms with Crippen LogP contribution in [0.2, 0.25) is 0 Å². The molecule has 0 aromatic heterocycles. The van der Waals surface area contributed by atoms with Crippen molar-refractivity contribution in [2.75, 3.05) is 5.32 Å². The number of hydrogen-bond donors (Lipinski definition) is 2. The van der Waals surface area contributed by atoms with Crippen LogP contribution in [0, 0.1) is 13.5 Å². The van der Waals surface area contributed by atoms with E-state index in [1.54, 1.807) is 6.92 Å². The number of nitrogens with one attached hydrogen (secondary N) is 1. The molecule has 0 heterocycles. The Morgan fingerprint density at radius 2 is 2.06 bits per heavy atom. The number of amides is 1. The Labute approximate surface area is 92.5 Å². The number of benzene rings is 1. The molecular formula is C11H10N2O3. The molecule has 0 saturated carbocycles. The van der Waals surface area contributed by atoms with Crippen LogP contribution in [-0.2, 0) is 4.79 Å². The molecule has 16 heavy (non-hydrogen) atoms. The van der Waals surface area contributed by atoms with Crippen LogP contribution in [0.4, 0.5) is 11.4 Å². The number of aromatic carboxylic acids is 1. The Balaban J connectivity index is 3.41. The van der Waals surface area contributed by atoms with Crippen LogP contribution in [-0.4, -0.2) is 17.0 Å². The molecule has 0 aliphatic carbocycles. The van der Waals surface area contributed by atoms with Crippen LogP contribution < -0.4 is 5.32 Å². The van der Waals surface area contributed by atoms with Gasteiger partial charge in [0, 0.05) is 6.92 Å². The van der Waals surface area contributed by atoms with E-state index in [0.717, 1.165) is 0 Å². The third-order valence-corrected chi connectivity index (χ3v) is 1.98. The topological polar surface area (TPSA) is 70.8 Å². The summed E-state index contributed by atoms with van der Waals surface area (Å²) in [6.07, 6.45) is 0. The summed E-state index contributed by atoms with van der Waals surface area (Å²) >= 11 is 0. The normalized spacial score (nSPS) is 9.31. The van der Waals surface area contributed by atoms with Crippen LogP contribution >= 0.6 is 0 Å². The standard InChI is InChI=1S/C11H10N2O3/c1-6-4-8(12-3)5-9(11(15)16)10(6)13-7(2)14/h4-5H,1-2H3,(H,13,14)(H,15,16). The molecule has 0 unspecified atom stereocenters. The molecule has 5 heteroatoms. The Hall–Kier alpha value is -2.35. The molecule has 82 valence electrons. The first kappa shape index (κ1) is 11.7. The van der Waals surface area contributed by atoms with Crippen LogP contribution in [0.25, 0.3) is 4.85 Å². The van der Waals surface area contributed by atoms with Gasteiger partial charge in [-0.25, -0.2) is 9.64 Å². The number of carbonyl (C=O) groups excluding carboxylic acids is 1. The first-order valence-corrected chi connectivity index (χ1v) is 4.48. The zero-order valence-electron chi connectivity index (χ0n) is 8.87. The minimum atomic E-state index is -1.17. The van der Waals surface area contributed by atoms with E-state index in [4.69, 9.17) is 11.7 Å². The maximum Gasteiger partial charge on any atom is 0.336 e. The summed E-state index contributed by atoms with van der Waals surface area (Å²) in [7, 11) is 0. The molecular weight excluding hydrogens is 208 g/mol. The van der Waals surface area contributed by atoms with Gasteiger partial charge in [0.1, 0.15) is 0 Å². The van der Waals surface area contributed by atoms with Crippen molar-refractivity contribution in [1.82, 2.24) is 0 Å². The predicted octanol–water partition coefficient (Wildman–Crippen LogP) is 2.20. The molecule has 1 aromatic carbocycles. The van der Waals surface area contributed by atoms with Gasteiger partial charge in [-0.3, -0.25) is 4.79 Å². The molecule has 0 saturated heterocycles. The van der Waals surface area contributed by atoms with Crippen molar-refractivity contribution >= 4 is 23.3 Å². The summed E-state index contributed by atoms with van der Waals surface area (Å²) in [6.45, 7) is 9.78. The molecule has 0 aliphatic rings. The molecule has 5 nitrogen and oxygen atoms in total. The number of carboxylic acids is 1. The van der Waals surface area contributed by atoms with Gasteiger partial charge in [0.05, 0.1) is 17.8 Å². The summed E-state index contributed by atoms with van der Waals surface area (Å²) in [5.41, 5.74) is 0.971. The molecule has 0 radical (unpaired) electrons. The second-order valence-electron chi connectivity index (χ2n) is 3.28. The largest absolute Gasteiger partial charge is 0.478 e. The molecule has 2 N–H and O–H groups in total. The van der Waals surface area contributed by atoms with Gasteiger partial charge >= 0.3 is 5.97 Å². The fraction of sp³-hybridized carbons (Fsp3) is 0.182. The van der Waals surface area contributed by atoms with Crippen molar-refractivity contribution in [3.63, 3.8) is 0 Å². The number of anilines is 1. The van der Waals surface area contributed by atoms with Crippen molar-refractivity contribution in [1.29, 1.82) is 0 Å². The van der Waals surface area contributed by atoms with Gasteiger partial charge in [0.15, 0.2) is 5.69 Å². The third-order valence-electron chi connectivity index (χ3n) is 1.98. The SMILES string of the molecule is [C-]#[N+]c1cc(C)c(NC(C)=O)c(C(=O)O)c1. The number of carbonyl (C=O) groups is 2. The molecule has 0 fully saturated rings. The fourth-order valence-corrected chi connectivity index (χ4v) is 1.34. The highest BCUT2D eigenvalue weighted by molar-refractivity contribution is 6.01. The third kappa shape index (κ3) is 2.36. The van der Waals surface area contributed by atoms with Crippen molar-refractivity contribution in [2.24, 2.45) is 0 Å². The Bertz CT molecular complexity index is 501. The lowest BCUT2D eigenvalue weighted by Crippen LogP contribution is -2.12. The number of aryl methyl sites for hydroxylation is 1. The minimum Gasteiger partial charge on any atom is -0.478 e. The Morgan fingerprint density at radius 3 is 2.50 bits per heavy atom. The van der Waals surface area contributed by atoms with Gasteiger partial charge in [-0.2, -0.15) is 0 Å². The number of carboxylic acid groups (broad SMARTS) is 1. The van der Waals surface area contributed by atoms with Gasteiger partial charge < -0.3 is 10.4 Å². The second-order valence-corrected chi connectivity index (χ2v) is 3.28. The minimum absolute atomic E-state index is 0.0683. The van der Waals surface area contributed by atoms with Crippen LogP contribution in [0.3, 0.4) is 0 Å². The summed E-state index contributed by atoms with van der Waals surface area (Å²) in [5, 5.41) is 11.4. The molecule has 0 bridgehead atoms. The van der Waals surface area contributed by atoms with E-state index in [9.17, 15) is 9.59 Å². The van der Waals surface area contributed by atoms with Crippen LogP contribution in [0.15, 0.2) is 12.1 Å². The van der Waals surface area contributed by atoms with Gasteiger partial charge in [-0.1, -0.05) is 6.07 Å². The molecule has 1 rings (SSSR count). The highest BCUT2D eigenvalue weighted by atomic mass is 16.4. The second kappa shape index (κ2) is 4.45. The van der Waals surface area contributed by atoms with Crippen molar-refractivity contribution in [3.05, 3.63) is 34.7 Å². The van der Waals surface area contributed by atoms with E-state index >= 15 is 0 Å². The van der Waals surface area contributed by atoms with Gasteiger partial charge in [-0.15, -0.1) is 0 Å². The van der Waals surface area contributed by atoms with E-state index < -0.39 is 5.97 Å². The number of hydrogen-bond acceptors (Lipinski definition) is 2. The van der Waals surface area contributed by atoms with Gasteiger partial charge in [0.25, 0.3) is 0 Å². The lowest BCUT2D eigenvalue weighted by Gasteiger charge is -2.10. The average molecular weight is 218 g/mol. The monoisotopic (exact) mass is 218 g/mol. The van der Waals surface area contributed by atoms with Crippen molar-refractivity contribution in [3.8, 4) is 0 Å². The number of nitrogens with zero attached hydrogens (tertiary/aromatic N) is 1. The lowest BCUT2D eigenvalue weighted by atomic mass is 10.1. The van der Waals surface area contributed by atoms with E-state index in [2.05, 4.69) is 10.2 Å². The number of rotatable bonds is 2. The van der Waals surface area contributed by atoms with Crippen molar-refractivity contribution < 1.29 is 14.7 Å². The van der Waals surface area contributed by atoms with Crippen molar-refractivity contribution in [2.45, 2.75) is 13.8 Å². The molecule has 0 aliphatic heterocycles. The molecule has 1 amide bonds. The van der Waals surface area contributed by atoms with E-state index in [1.807, 2.05) is 0 Å². The molecule has 0 atom stereocenters. The summed E-state index contributed by atoms with van der Waals surface area (Å²) < 4.78 is 0. The van der Waals surface area contributed by atoms with E-state index in [-0.39, 0.29) is 22.8 Å². The highest BCUT2D eigenvalue weighted by Crippen LogP contribution is 2.27. The van der Waals surface area contributed by atoms with E-state index in [0.29, 0.717) is 5.56 Å². The first-order valence-electron chi connectivity index (χ1n) is 4.48. The molecule has 0 spiro atoms. The smallest absolute Gasteiger partial charge is 0.336 e. The quantitative estimate of drug-likeness (QED) is 0.747. The van der Waals surface area contributed by atoms with Gasteiger partial charge in [0.2, 0.25) is 5.91 Å². The Morgan fingerprint density at radius 1 is 1.44 bits per heavy atom. The van der Waals surface area contributed by atoms with Crippen LogP contribution in [0.1, 0.15) is 22.8 Å². The summed E-state index contributed by atoms with van der Waals surface area (Å²) in [4.78, 5) is 25.1. The predicted molar refractivity (Wildman–Crippen MR) is 58.7 cm³/mol. The van der Waals surface area contributed by atoms with Gasteiger partial charge in [-0.05, 0) is 18.6 Å². The zero-order chi connectivity index (χ0) is 12.3. The average Bonchev–Trinajstić information content (AvgIpc) is 2.19. The maximum atomic E-state index is 11.0. The molecule has 1 aromatic rings. The van der Waals surface area contributed by atoms with Crippen LogP contribution in [0.5, 0.6) is 0 Å².